The molecule has 7 nitrogen and oxygen atoms in total. The summed E-state index contributed by atoms with van der Waals surface area (Å²) in [6, 6.07) is 19.0. The maximum atomic E-state index is 13.7. The summed E-state index contributed by atoms with van der Waals surface area (Å²) in [4.78, 5) is 18.0. The number of para-hydroxylation sites is 1. The van der Waals surface area contributed by atoms with Gasteiger partial charge in [-0.1, -0.05) is 54.1 Å². The van der Waals surface area contributed by atoms with Crippen molar-refractivity contribution >= 4 is 26.8 Å². The molecule has 41 heavy (non-hydrogen) atoms. The summed E-state index contributed by atoms with van der Waals surface area (Å²) in [6.45, 7) is 1.69. The molecule has 4 rings (SSSR count). The highest BCUT2D eigenvalue weighted by molar-refractivity contribution is 7.89. The van der Waals surface area contributed by atoms with Crippen LogP contribution in [-0.4, -0.2) is 61.9 Å². The third-order valence-electron chi connectivity index (χ3n) is 6.83. The molecular weight excluding hydrogens is 555 g/mol. The molecule has 0 unspecified atom stereocenters. The molecule has 11 heteroatoms. The Morgan fingerprint density at radius 3 is 2.41 bits per heavy atom. The van der Waals surface area contributed by atoms with E-state index in [-0.39, 0.29) is 19.7 Å². The first-order chi connectivity index (χ1) is 19.5. The number of rotatable bonds is 12. The fraction of sp³-hybridized carbons (Fsp3) is 0.300. The third kappa shape index (κ3) is 7.55. The molecule has 1 amide bonds. The molecule has 4 aromatic rings. The van der Waals surface area contributed by atoms with E-state index in [1.165, 1.54) is 7.11 Å². The summed E-state index contributed by atoms with van der Waals surface area (Å²) in [5.41, 5.74) is 2.82. The minimum Gasteiger partial charge on any atom is -0.383 e. The monoisotopic (exact) mass is 587 g/mol. The minimum absolute atomic E-state index is 0.0429. The van der Waals surface area contributed by atoms with E-state index in [0.29, 0.717) is 19.0 Å². The Balaban J connectivity index is 1.60. The Labute approximate surface area is 237 Å². The predicted molar refractivity (Wildman–Crippen MR) is 151 cm³/mol. The minimum atomic E-state index is -4.72. The number of nitrogens with one attached hydrogen (secondary N) is 1. The normalized spacial score (nSPS) is 12.2. The first kappa shape index (κ1) is 30.3. The molecular formula is C30H32F3N3O4S. The molecule has 0 saturated heterocycles. The zero-order valence-electron chi connectivity index (χ0n) is 22.8. The number of carbonyl (C=O) groups excluding carboxylic acids is 1. The number of aromatic amines is 1. The zero-order chi connectivity index (χ0) is 29.6. The van der Waals surface area contributed by atoms with Gasteiger partial charge < -0.3 is 14.6 Å². The van der Waals surface area contributed by atoms with Crippen LogP contribution in [0.25, 0.3) is 10.9 Å². The fourth-order valence-corrected chi connectivity index (χ4v) is 5.93. The topological polar surface area (TPSA) is 82.7 Å². The van der Waals surface area contributed by atoms with Crippen molar-refractivity contribution in [3.63, 3.8) is 0 Å². The molecule has 3 aromatic carbocycles. The van der Waals surface area contributed by atoms with Crippen LogP contribution in [0.4, 0.5) is 13.2 Å². The van der Waals surface area contributed by atoms with Gasteiger partial charge in [0.05, 0.1) is 23.6 Å². The second-order valence-corrected chi connectivity index (χ2v) is 11.7. The highest BCUT2D eigenvalue weighted by Crippen LogP contribution is 2.31. The average molecular weight is 588 g/mol. The van der Waals surface area contributed by atoms with E-state index >= 15 is 0 Å². The standard InChI is InChI=1S/C30H32F3N3O4S/c1-22-10-12-23(13-11-22)20-35(15-14-24-19-34-28-9-4-3-8-27(24)28)29(37)21-36(16-17-40-2)41(38,39)26-7-5-6-25(18-26)30(31,32)33/h3-13,18-19,34H,14-17,20-21H2,1-2H3. The number of benzene rings is 3. The molecule has 1 heterocycles. The lowest BCUT2D eigenvalue weighted by atomic mass is 10.1. The summed E-state index contributed by atoms with van der Waals surface area (Å²) >= 11 is 0. The number of aromatic nitrogens is 1. The van der Waals surface area contributed by atoms with Crippen LogP contribution in [0.15, 0.2) is 83.9 Å². The van der Waals surface area contributed by atoms with Crippen LogP contribution in [0.2, 0.25) is 0 Å². The first-order valence-corrected chi connectivity index (χ1v) is 14.5. The summed E-state index contributed by atoms with van der Waals surface area (Å²) in [7, 11) is -3.07. The van der Waals surface area contributed by atoms with Gasteiger partial charge in [-0.2, -0.15) is 17.5 Å². The number of methoxy groups -OCH3 is 1. The van der Waals surface area contributed by atoms with Gasteiger partial charge in [-0.25, -0.2) is 8.42 Å². The van der Waals surface area contributed by atoms with Crippen LogP contribution in [-0.2, 0) is 38.7 Å². The molecule has 0 aliphatic rings. The molecule has 0 aliphatic carbocycles. The molecule has 0 aliphatic heterocycles. The first-order valence-electron chi connectivity index (χ1n) is 13.0. The van der Waals surface area contributed by atoms with Gasteiger partial charge >= 0.3 is 6.18 Å². The number of hydrogen-bond donors (Lipinski definition) is 1. The number of halogens is 3. The summed E-state index contributed by atoms with van der Waals surface area (Å²) < 4.78 is 72.9. The smallest absolute Gasteiger partial charge is 0.383 e. The number of ether oxygens (including phenoxy) is 1. The largest absolute Gasteiger partial charge is 0.416 e. The van der Waals surface area contributed by atoms with Gasteiger partial charge in [0.15, 0.2) is 0 Å². The predicted octanol–water partition coefficient (Wildman–Crippen LogP) is 5.40. The molecule has 0 atom stereocenters. The summed E-state index contributed by atoms with van der Waals surface area (Å²) in [5, 5.41) is 1.03. The van der Waals surface area contributed by atoms with Gasteiger partial charge in [0.2, 0.25) is 15.9 Å². The number of sulfonamides is 1. The maximum Gasteiger partial charge on any atom is 0.416 e. The van der Waals surface area contributed by atoms with Crippen molar-refractivity contribution in [3.05, 3.63) is 101 Å². The van der Waals surface area contributed by atoms with E-state index < -0.39 is 39.1 Å². The zero-order valence-corrected chi connectivity index (χ0v) is 23.6. The van der Waals surface area contributed by atoms with Crippen LogP contribution < -0.4 is 0 Å². The number of aryl methyl sites for hydroxylation is 1. The van der Waals surface area contributed by atoms with Crippen molar-refractivity contribution in [2.45, 2.75) is 31.0 Å². The molecule has 0 bridgehead atoms. The number of H-pyrrole nitrogens is 1. The highest BCUT2D eigenvalue weighted by Gasteiger charge is 2.34. The van der Waals surface area contributed by atoms with Gasteiger partial charge in [-0.3, -0.25) is 4.79 Å². The fourth-order valence-electron chi connectivity index (χ4n) is 4.51. The van der Waals surface area contributed by atoms with Gasteiger partial charge in [-0.15, -0.1) is 0 Å². The Kier molecular flexibility index (Phi) is 9.52. The Morgan fingerprint density at radius 1 is 0.976 bits per heavy atom. The van der Waals surface area contributed by atoms with E-state index in [9.17, 15) is 26.4 Å². The van der Waals surface area contributed by atoms with Gasteiger partial charge in [0, 0.05) is 43.8 Å². The Morgan fingerprint density at radius 2 is 1.71 bits per heavy atom. The van der Waals surface area contributed by atoms with E-state index in [1.807, 2.05) is 61.7 Å². The second kappa shape index (κ2) is 12.9. The lowest BCUT2D eigenvalue weighted by molar-refractivity contribution is -0.137. The number of carbonyl (C=O) groups is 1. The molecule has 218 valence electrons. The van der Waals surface area contributed by atoms with Gasteiger partial charge in [0.1, 0.15) is 0 Å². The van der Waals surface area contributed by atoms with Crippen LogP contribution >= 0.6 is 0 Å². The van der Waals surface area contributed by atoms with Gasteiger partial charge in [0.25, 0.3) is 0 Å². The molecule has 1 N–H and O–H groups in total. The Bertz CT molecular complexity index is 1580. The lowest BCUT2D eigenvalue weighted by Crippen LogP contribution is -2.44. The SMILES string of the molecule is COCCN(CC(=O)N(CCc1c[nH]c2ccccc12)Cc1ccc(C)cc1)S(=O)(=O)c1cccc(C(F)(F)F)c1. The van der Waals surface area contributed by atoms with Crippen LogP contribution in [0.1, 0.15) is 22.3 Å². The van der Waals surface area contributed by atoms with Crippen LogP contribution in [0, 0.1) is 6.92 Å². The Hall–Kier alpha value is -3.67. The van der Waals surface area contributed by atoms with Crippen molar-refractivity contribution in [3.8, 4) is 0 Å². The molecule has 0 radical (unpaired) electrons. The van der Waals surface area contributed by atoms with E-state index in [2.05, 4.69) is 4.98 Å². The van der Waals surface area contributed by atoms with Crippen LogP contribution in [0.3, 0.4) is 0 Å². The number of fused-ring (bicyclic) bond motifs is 1. The van der Waals surface area contributed by atoms with Crippen molar-refractivity contribution in [2.24, 2.45) is 0 Å². The van der Waals surface area contributed by atoms with Crippen molar-refractivity contribution in [1.29, 1.82) is 0 Å². The van der Waals surface area contributed by atoms with Crippen LogP contribution in [0.5, 0.6) is 0 Å². The van der Waals surface area contributed by atoms with Crippen molar-refractivity contribution < 1.29 is 31.1 Å². The van der Waals surface area contributed by atoms with Crippen molar-refractivity contribution in [2.75, 3.05) is 33.4 Å². The highest BCUT2D eigenvalue weighted by atomic mass is 32.2. The summed E-state index contributed by atoms with van der Waals surface area (Å²) in [5.74, 6) is -0.475. The van der Waals surface area contributed by atoms with E-state index in [4.69, 9.17) is 4.74 Å². The second-order valence-electron chi connectivity index (χ2n) is 9.77. The van der Waals surface area contributed by atoms with Gasteiger partial charge in [-0.05, 0) is 48.7 Å². The molecule has 1 aromatic heterocycles. The van der Waals surface area contributed by atoms with Crippen molar-refractivity contribution in [1.82, 2.24) is 14.2 Å². The third-order valence-corrected chi connectivity index (χ3v) is 8.67. The molecule has 0 spiro atoms. The number of nitrogens with zero attached hydrogens (tertiary/aromatic N) is 2. The average Bonchev–Trinajstić information content (AvgIpc) is 3.36. The summed E-state index contributed by atoms with van der Waals surface area (Å²) in [6.07, 6.45) is -2.31. The molecule has 0 fully saturated rings. The van der Waals surface area contributed by atoms with E-state index in [0.717, 1.165) is 50.1 Å². The number of amides is 1. The van der Waals surface area contributed by atoms with E-state index in [1.54, 1.807) is 4.90 Å². The lowest BCUT2D eigenvalue weighted by Gasteiger charge is -2.27. The number of alkyl halides is 3. The maximum absolute atomic E-state index is 13.7. The number of hydrogen-bond acceptors (Lipinski definition) is 4. The molecule has 0 saturated carbocycles. The quantitative estimate of drug-likeness (QED) is 0.241.